The van der Waals surface area contributed by atoms with Gasteiger partial charge in [0.2, 0.25) is 0 Å². The fraction of sp³-hybridized carbons (Fsp3) is 0.667. The molecular formula is C15H23BrN2O. The number of halogens is 1. The molecule has 0 radical (unpaired) electrons. The normalized spacial score (nSPS) is 27.3. The van der Waals surface area contributed by atoms with E-state index in [1.807, 2.05) is 23.8 Å². The minimum Gasteiger partial charge on any atom is -0.348 e. The zero-order valence-corrected chi connectivity index (χ0v) is 13.5. The van der Waals surface area contributed by atoms with E-state index in [1.165, 1.54) is 6.42 Å². The number of hydrogen-bond acceptors (Lipinski definition) is 1. The van der Waals surface area contributed by atoms with Gasteiger partial charge in [0.15, 0.2) is 0 Å². The van der Waals surface area contributed by atoms with Gasteiger partial charge in [0.05, 0.1) is 0 Å². The molecule has 3 atom stereocenters. The minimum absolute atomic E-state index is 0.0549. The van der Waals surface area contributed by atoms with Crippen molar-refractivity contribution in [3.63, 3.8) is 0 Å². The first-order valence-electron chi connectivity index (χ1n) is 7.17. The molecule has 0 aromatic carbocycles. The van der Waals surface area contributed by atoms with Crippen molar-refractivity contribution < 1.29 is 4.79 Å². The van der Waals surface area contributed by atoms with Crippen LogP contribution >= 0.6 is 15.9 Å². The van der Waals surface area contributed by atoms with Gasteiger partial charge in [0.1, 0.15) is 5.69 Å². The molecular weight excluding hydrogens is 304 g/mol. The number of hydrogen-bond donors (Lipinski definition) is 1. The first-order valence-corrected chi connectivity index (χ1v) is 7.97. The van der Waals surface area contributed by atoms with E-state index in [1.54, 1.807) is 0 Å². The number of nitrogens with zero attached hydrogens (tertiary/aromatic N) is 1. The second-order valence-electron chi connectivity index (χ2n) is 5.77. The average molecular weight is 327 g/mol. The molecule has 3 unspecified atom stereocenters. The van der Waals surface area contributed by atoms with Gasteiger partial charge in [-0.1, -0.05) is 13.8 Å². The van der Waals surface area contributed by atoms with Crippen LogP contribution in [-0.2, 0) is 6.54 Å². The number of carbonyl (C=O) groups excluding carboxylic acids is 1. The number of carbonyl (C=O) groups is 1. The van der Waals surface area contributed by atoms with Gasteiger partial charge in [-0.2, -0.15) is 0 Å². The van der Waals surface area contributed by atoms with Crippen molar-refractivity contribution in [3.05, 3.63) is 22.4 Å². The lowest BCUT2D eigenvalue weighted by molar-refractivity contribution is 0.0901. The molecule has 0 spiro atoms. The molecule has 1 heterocycles. The van der Waals surface area contributed by atoms with Gasteiger partial charge in [0, 0.05) is 23.3 Å². The summed E-state index contributed by atoms with van der Waals surface area (Å²) < 4.78 is 2.94. The molecule has 106 valence electrons. The maximum atomic E-state index is 12.3. The topological polar surface area (TPSA) is 34.0 Å². The molecule has 3 nitrogen and oxygen atoms in total. The fourth-order valence-electron chi connectivity index (χ4n) is 2.86. The van der Waals surface area contributed by atoms with Gasteiger partial charge in [-0.15, -0.1) is 0 Å². The third-order valence-electron chi connectivity index (χ3n) is 4.37. The molecule has 1 N–H and O–H groups in total. The molecule has 4 heteroatoms. The molecule has 0 bridgehead atoms. The van der Waals surface area contributed by atoms with Crippen LogP contribution in [0, 0.1) is 11.8 Å². The summed E-state index contributed by atoms with van der Waals surface area (Å²) >= 11 is 3.43. The molecule has 1 aliphatic carbocycles. The van der Waals surface area contributed by atoms with E-state index >= 15 is 0 Å². The van der Waals surface area contributed by atoms with Crippen LogP contribution in [0.3, 0.4) is 0 Å². The fourth-order valence-corrected chi connectivity index (χ4v) is 3.33. The van der Waals surface area contributed by atoms with Crippen molar-refractivity contribution in [2.45, 2.75) is 52.6 Å². The molecule has 1 aromatic heterocycles. The number of rotatable bonds is 3. The van der Waals surface area contributed by atoms with Gasteiger partial charge in [-0.3, -0.25) is 4.79 Å². The van der Waals surface area contributed by atoms with Crippen LogP contribution in [-0.4, -0.2) is 16.5 Å². The standard InChI is InChI=1S/C15H23BrN2O/c1-4-18-9-12(16)8-14(18)15(19)17-13-6-5-10(2)11(3)7-13/h8-11,13H,4-7H2,1-3H3,(H,17,19). The van der Waals surface area contributed by atoms with Crippen LogP contribution in [0.1, 0.15) is 50.5 Å². The summed E-state index contributed by atoms with van der Waals surface area (Å²) in [5.74, 6) is 1.53. The molecule has 1 aliphatic rings. The molecule has 2 rings (SSSR count). The van der Waals surface area contributed by atoms with Crippen LogP contribution in [0.25, 0.3) is 0 Å². The Morgan fingerprint density at radius 3 is 2.79 bits per heavy atom. The summed E-state index contributed by atoms with van der Waals surface area (Å²) in [6, 6.07) is 2.23. The van der Waals surface area contributed by atoms with Crippen molar-refractivity contribution in [2.75, 3.05) is 0 Å². The Morgan fingerprint density at radius 1 is 1.42 bits per heavy atom. The number of amides is 1. The van der Waals surface area contributed by atoms with Crippen LogP contribution in [0.2, 0.25) is 0 Å². The summed E-state index contributed by atoms with van der Waals surface area (Å²) in [7, 11) is 0. The molecule has 0 saturated heterocycles. The SMILES string of the molecule is CCn1cc(Br)cc1C(=O)NC1CCC(C)C(C)C1. The summed E-state index contributed by atoms with van der Waals surface area (Å²) in [5.41, 5.74) is 0.751. The first-order chi connectivity index (χ1) is 9.01. The lowest BCUT2D eigenvalue weighted by Crippen LogP contribution is -2.40. The summed E-state index contributed by atoms with van der Waals surface area (Å²) in [6.07, 6.45) is 5.37. The maximum absolute atomic E-state index is 12.3. The molecule has 1 saturated carbocycles. The third kappa shape index (κ3) is 3.41. The number of nitrogens with one attached hydrogen (secondary N) is 1. The lowest BCUT2D eigenvalue weighted by Gasteiger charge is -2.32. The van der Waals surface area contributed by atoms with E-state index in [9.17, 15) is 4.79 Å². The van der Waals surface area contributed by atoms with E-state index in [-0.39, 0.29) is 5.91 Å². The maximum Gasteiger partial charge on any atom is 0.268 e. The number of aromatic nitrogens is 1. The van der Waals surface area contributed by atoms with Gasteiger partial charge in [-0.25, -0.2) is 0 Å². The predicted octanol–water partition coefficient (Wildman–Crippen LogP) is 3.83. The smallest absolute Gasteiger partial charge is 0.268 e. The lowest BCUT2D eigenvalue weighted by atomic mass is 9.79. The Balaban J connectivity index is 2.01. The van der Waals surface area contributed by atoms with Crippen molar-refractivity contribution in [1.29, 1.82) is 0 Å². The van der Waals surface area contributed by atoms with E-state index in [2.05, 4.69) is 35.1 Å². The zero-order valence-electron chi connectivity index (χ0n) is 11.9. The van der Waals surface area contributed by atoms with Crippen LogP contribution in [0.4, 0.5) is 0 Å². The van der Waals surface area contributed by atoms with E-state index in [0.717, 1.165) is 35.5 Å². The molecule has 1 amide bonds. The highest BCUT2D eigenvalue weighted by molar-refractivity contribution is 9.10. The van der Waals surface area contributed by atoms with Gasteiger partial charge in [-0.05, 0) is 60.0 Å². The molecule has 19 heavy (non-hydrogen) atoms. The minimum atomic E-state index is 0.0549. The molecule has 1 aromatic rings. The van der Waals surface area contributed by atoms with E-state index in [4.69, 9.17) is 0 Å². The highest BCUT2D eigenvalue weighted by Crippen LogP contribution is 2.29. The predicted molar refractivity (Wildman–Crippen MR) is 81.2 cm³/mol. The van der Waals surface area contributed by atoms with Crippen molar-refractivity contribution in [3.8, 4) is 0 Å². The Bertz CT molecular complexity index is 455. The second-order valence-corrected chi connectivity index (χ2v) is 6.68. The van der Waals surface area contributed by atoms with E-state index in [0.29, 0.717) is 12.0 Å². The van der Waals surface area contributed by atoms with Gasteiger partial charge in [0.25, 0.3) is 5.91 Å². The Morgan fingerprint density at radius 2 is 2.16 bits per heavy atom. The number of aryl methyl sites for hydroxylation is 1. The monoisotopic (exact) mass is 326 g/mol. The van der Waals surface area contributed by atoms with Crippen LogP contribution in [0.5, 0.6) is 0 Å². The highest BCUT2D eigenvalue weighted by atomic mass is 79.9. The second kappa shape index (κ2) is 6.12. The molecule has 0 aliphatic heterocycles. The first kappa shape index (κ1) is 14.6. The highest BCUT2D eigenvalue weighted by Gasteiger charge is 2.26. The van der Waals surface area contributed by atoms with Crippen molar-refractivity contribution >= 4 is 21.8 Å². The third-order valence-corrected chi connectivity index (χ3v) is 4.80. The quantitative estimate of drug-likeness (QED) is 0.900. The van der Waals surface area contributed by atoms with Gasteiger partial charge < -0.3 is 9.88 Å². The van der Waals surface area contributed by atoms with Crippen molar-refractivity contribution in [1.82, 2.24) is 9.88 Å². The Labute approximate surface area is 123 Å². The average Bonchev–Trinajstić information content (AvgIpc) is 2.75. The summed E-state index contributed by atoms with van der Waals surface area (Å²) in [5, 5.41) is 3.19. The van der Waals surface area contributed by atoms with Crippen LogP contribution < -0.4 is 5.32 Å². The van der Waals surface area contributed by atoms with Crippen LogP contribution in [0.15, 0.2) is 16.7 Å². The summed E-state index contributed by atoms with van der Waals surface area (Å²) in [4.78, 5) is 12.3. The molecule has 1 fully saturated rings. The zero-order chi connectivity index (χ0) is 14.0. The Hall–Kier alpha value is -0.770. The summed E-state index contributed by atoms with van der Waals surface area (Å²) in [6.45, 7) is 7.45. The Kier molecular flexibility index (Phi) is 4.71. The largest absolute Gasteiger partial charge is 0.348 e. The van der Waals surface area contributed by atoms with Gasteiger partial charge >= 0.3 is 0 Å². The van der Waals surface area contributed by atoms with E-state index < -0.39 is 0 Å². The van der Waals surface area contributed by atoms with Crippen molar-refractivity contribution in [2.24, 2.45) is 11.8 Å².